The Morgan fingerprint density at radius 3 is 2.29 bits per heavy atom. The van der Waals surface area contributed by atoms with Crippen molar-refractivity contribution >= 4 is 45.1 Å². The van der Waals surface area contributed by atoms with E-state index >= 15 is 0 Å². The lowest BCUT2D eigenvalue weighted by Crippen LogP contribution is -2.30. The van der Waals surface area contributed by atoms with Gasteiger partial charge in [-0.05, 0) is 61.0 Å². The van der Waals surface area contributed by atoms with Gasteiger partial charge in [0.15, 0.2) is 0 Å². The second-order valence-corrected chi connectivity index (χ2v) is 10.5. The molecule has 0 N–H and O–H groups in total. The summed E-state index contributed by atoms with van der Waals surface area (Å²) in [6.45, 7) is 2.13. The van der Waals surface area contributed by atoms with Gasteiger partial charge in [-0.25, -0.2) is 8.42 Å². The molecule has 5 nitrogen and oxygen atoms in total. The number of sulfonamides is 1. The molecule has 0 saturated carbocycles. The molecule has 8 heteroatoms. The van der Waals surface area contributed by atoms with Gasteiger partial charge in [0.2, 0.25) is 10.0 Å². The van der Waals surface area contributed by atoms with Crippen molar-refractivity contribution < 1.29 is 12.8 Å². The number of nitrogens with zero attached hydrogens (tertiary/aromatic N) is 2. The van der Waals surface area contributed by atoms with Crippen LogP contribution in [0.4, 0.5) is 5.69 Å². The first-order valence-electron chi connectivity index (χ1n) is 10.5. The summed E-state index contributed by atoms with van der Waals surface area (Å²) in [5.41, 5.74) is 2.41. The number of para-hydroxylation sites is 1. The summed E-state index contributed by atoms with van der Waals surface area (Å²) in [4.78, 5) is 4.58. The molecule has 1 aromatic heterocycles. The summed E-state index contributed by atoms with van der Waals surface area (Å²) in [6, 6.07) is 24.6. The molecule has 0 amide bonds. The second kappa shape index (κ2) is 10.6. The maximum absolute atomic E-state index is 13.5. The molecule has 0 spiro atoms. The van der Waals surface area contributed by atoms with E-state index in [1.807, 2.05) is 31.2 Å². The average molecular weight is 513 g/mol. The van der Waals surface area contributed by atoms with E-state index in [2.05, 4.69) is 4.99 Å². The van der Waals surface area contributed by atoms with Crippen molar-refractivity contribution in [3.63, 3.8) is 0 Å². The molecule has 0 aliphatic carbocycles. The van der Waals surface area contributed by atoms with Gasteiger partial charge in [0, 0.05) is 11.6 Å². The van der Waals surface area contributed by atoms with E-state index in [1.165, 1.54) is 4.31 Å². The van der Waals surface area contributed by atoms with Crippen LogP contribution in [0.1, 0.15) is 22.6 Å². The van der Waals surface area contributed by atoms with Gasteiger partial charge in [0.1, 0.15) is 11.5 Å². The topological polar surface area (TPSA) is 62.9 Å². The van der Waals surface area contributed by atoms with E-state index < -0.39 is 10.0 Å². The van der Waals surface area contributed by atoms with Crippen LogP contribution in [0.5, 0.6) is 0 Å². The Labute approximate surface area is 209 Å². The Balaban J connectivity index is 1.60. The molecule has 0 aliphatic heterocycles. The fourth-order valence-corrected chi connectivity index (χ4v) is 5.00. The van der Waals surface area contributed by atoms with Crippen LogP contribution < -0.4 is 0 Å². The Morgan fingerprint density at radius 2 is 1.59 bits per heavy atom. The summed E-state index contributed by atoms with van der Waals surface area (Å²) < 4.78 is 34.2. The first kappa shape index (κ1) is 24.2. The molecule has 4 rings (SSSR count). The molecule has 0 aliphatic rings. The molecule has 0 atom stereocenters. The minimum absolute atomic E-state index is 0.0543. The number of rotatable bonds is 8. The molecule has 0 radical (unpaired) electrons. The number of furan rings is 1. The van der Waals surface area contributed by atoms with Crippen molar-refractivity contribution in [3.05, 3.63) is 118 Å². The zero-order valence-electron chi connectivity index (χ0n) is 18.4. The maximum atomic E-state index is 13.5. The monoisotopic (exact) mass is 512 g/mol. The lowest BCUT2D eigenvalue weighted by Gasteiger charge is -2.21. The molecule has 174 valence electrons. The molecule has 4 aromatic rings. The molecule has 0 unspecified atom stereocenters. The van der Waals surface area contributed by atoms with Crippen LogP contribution in [0.2, 0.25) is 10.0 Å². The summed E-state index contributed by atoms with van der Waals surface area (Å²) in [5, 5.41) is 1.12. The lowest BCUT2D eigenvalue weighted by atomic mass is 10.2. The predicted octanol–water partition coefficient (Wildman–Crippen LogP) is 7.04. The van der Waals surface area contributed by atoms with Crippen molar-refractivity contribution in [2.24, 2.45) is 4.99 Å². The highest BCUT2D eigenvalue weighted by molar-refractivity contribution is 7.89. The van der Waals surface area contributed by atoms with Crippen LogP contribution >= 0.6 is 23.2 Å². The normalized spacial score (nSPS) is 12.0. The minimum atomic E-state index is -3.79. The zero-order chi connectivity index (χ0) is 24.1. The van der Waals surface area contributed by atoms with Crippen molar-refractivity contribution in [2.75, 3.05) is 0 Å². The number of halogens is 2. The van der Waals surface area contributed by atoms with E-state index in [1.54, 1.807) is 66.9 Å². The SMILES string of the molecule is Cc1ccc(S(=O)(=O)N(Cc2ccc(Cl)cc2)Cc2ccc(C=Nc3ccccc3Cl)o2)cc1. The van der Waals surface area contributed by atoms with Gasteiger partial charge >= 0.3 is 0 Å². The van der Waals surface area contributed by atoms with E-state index in [4.69, 9.17) is 27.6 Å². The molecule has 0 saturated heterocycles. The van der Waals surface area contributed by atoms with Gasteiger partial charge in [-0.2, -0.15) is 4.31 Å². The van der Waals surface area contributed by atoms with Crippen LogP contribution in [0, 0.1) is 6.92 Å². The van der Waals surface area contributed by atoms with Crippen molar-refractivity contribution in [1.29, 1.82) is 0 Å². The zero-order valence-corrected chi connectivity index (χ0v) is 20.7. The molecule has 3 aromatic carbocycles. The van der Waals surface area contributed by atoms with Gasteiger partial charge in [-0.1, -0.05) is 65.2 Å². The molecular formula is C26H22Cl2N2O3S. The lowest BCUT2D eigenvalue weighted by molar-refractivity contribution is 0.357. The summed E-state index contributed by atoms with van der Waals surface area (Å²) in [7, 11) is -3.79. The Kier molecular flexibility index (Phi) is 7.54. The van der Waals surface area contributed by atoms with Crippen molar-refractivity contribution in [3.8, 4) is 0 Å². The largest absolute Gasteiger partial charge is 0.459 e. The second-order valence-electron chi connectivity index (χ2n) is 7.73. The van der Waals surface area contributed by atoms with E-state index in [0.29, 0.717) is 27.3 Å². The highest BCUT2D eigenvalue weighted by Crippen LogP contribution is 2.25. The van der Waals surface area contributed by atoms with E-state index in [-0.39, 0.29) is 18.0 Å². The average Bonchev–Trinajstić information content (AvgIpc) is 3.27. The highest BCUT2D eigenvalue weighted by atomic mass is 35.5. The summed E-state index contributed by atoms with van der Waals surface area (Å²) >= 11 is 12.1. The van der Waals surface area contributed by atoms with Crippen molar-refractivity contribution in [2.45, 2.75) is 24.9 Å². The summed E-state index contributed by atoms with van der Waals surface area (Å²) in [6.07, 6.45) is 1.56. The van der Waals surface area contributed by atoms with Gasteiger partial charge < -0.3 is 4.42 Å². The van der Waals surface area contributed by atoms with Crippen LogP contribution in [-0.2, 0) is 23.1 Å². The van der Waals surface area contributed by atoms with Crippen LogP contribution in [0.25, 0.3) is 0 Å². The molecule has 0 fully saturated rings. The number of aliphatic imine (C=N–C) groups is 1. The first-order valence-corrected chi connectivity index (χ1v) is 12.7. The summed E-state index contributed by atoms with van der Waals surface area (Å²) in [5.74, 6) is 0.986. The van der Waals surface area contributed by atoms with Gasteiger partial charge in [-0.3, -0.25) is 4.99 Å². The van der Waals surface area contributed by atoms with E-state index in [0.717, 1.165) is 11.1 Å². The third-order valence-corrected chi connectivity index (χ3v) is 7.51. The minimum Gasteiger partial charge on any atom is -0.459 e. The van der Waals surface area contributed by atoms with E-state index in [9.17, 15) is 8.42 Å². The van der Waals surface area contributed by atoms with Gasteiger partial charge in [-0.15, -0.1) is 0 Å². The molecule has 34 heavy (non-hydrogen) atoms. The third kappa shape index (κ3) is 5.96. The first-order chi connectivity index (χ1) is 16.3. The van der Waals surface area contributed by atoms with Crippen molar-refractivity contribution in [1.82, 2.24) is 4.31 Å². The maximum Gasteiger partial charge on any atom is 0.243 e. The predicted molar refractivity (Wildman–Crippen MR) is 136 cm³/mol. The van der Waals surface area contributed by atoms with Crippen LogP contribution in [0.15, 0.2) is 99.2 Å². The van der Waals surface area contributed by atoms with Gasteiger partial charge in [0.05, 0.1) is 28.4 Å². The van der Waals surface area contributed by atoms with Gasteiger partial charge in [0.25, 0.3) is 0 Å². The Bertz CT molecular complexity index is 1400. The molecule has 0 bridgehead atoms. The number of hydrogen-bond acceptors (Lipinski definition) is 4. The number of hydrogen-bond donors (Lipinski definition) is 0. The fraction of sp³-hybridized carbons (Fsp3) is 0.115. The smallest absolute Gasteiger partial charge is 0.243 e. The number of aryl methyl sites for hydroxylation is 1. The van der Waals surface area contributed by atoms with Crippen LogP contribution in [-0.4, -0.2) is 18.9 Å². The Morgan fingerprint density at radius 1 is 0.882 bits per heavy atom. The third-order valence-electron chi connectivity index (χ3n) is 5.13. The standard InChI is InChI=1S/C26H22Cl2N2O3S/c1-19-6-14-24(15-7-19)34(31,32)30(17-20-8-10-21(27)11-9-20)18-23-13-12-22(33-23)16-29-26-5-3-2-4-25(26)28/h2-16H,17-18H2,1H3. The van der Waals surface area contributed by atoms with Crippen LogP contribution in [0.3, 0.4) is 0 Å². The quantitative estimate of drug-likeness (QED) is 0.238. The number of benzene rings is 3. The molecular weight excluding hydrogens is 491 g/mol. The highest BCUT2D eigenvalue weighted by Gasteiger charge is 2.26. The molecule has 1 heterocycles. The Hall–Kier alpha value is -2.90. The fourth-order valence-electron chi connectivity index (χ4n) is 3.29.